The maximum absolute atomic E-state index is 13.4. The number of sulfone groups is 1. The van der Waals surface area contributed by atoms with Gasteiger partial charge in [-0.15, -0.1) is 0 Å². The quantitative estimate of drug-likeness (QED) is 0.161. The third-order valence-electron chi connectivity index (χ3n) is 7.08. The molecule has 0 aliphatic heterocycles. The van der Waals surface area contributed by atoms with E-state index in [1.165, 1.54) is 31.2 Å². The van der Waals surface area contributed by atoms with E-state index >= 15 is 0 Å². The molecule has 0 fully saturated rings. The normalized spacial score (nSPS) is 11.0. The molecule has 8 nitrogen and oxygen atoms in total. The molecule has 4 aromatic carbocycles. The molecule has 0 unspecified atom stereocenters. The van der Waals surface area contributed by atoms with Crippen molar-refractivity contribution >= 4 is 27.3 Å². The molecule has 0 aliphatic carbocycles. The molecule has 222 valence electrons. The number of H-pyrrole nitrogens is 1. The molecule has 5 rings (SSSR count). The molecule has 0 saturated carbocycles. The maximum Gasteiger partial charge on any atom is 0.268 e. The van der Waals surface area contributed by atoms with E-state index in [2.05, 4.69) is 22.2 Å². The summed E-state index contributed by atoms with van der Waals surface area (Å²) in [6.07, 6.45) is 0. The summed E-state index contributed by atoms with van der Waals surface area (Å²) in [4.78, 5) is 29.6. The maximum atomic E-state index is 13.4. The number of carbonyl (C=O) groups is 2. The number of ether oxygens (including phenoxy) is 1. The van der Waals surface area contributed by atoms with Gasteiger partial charge in [-0.2, -0.15) is 0 Å². The SMILES string of the molecule is C=C(C)S(=O)(=O)c1ccc(NC(=O)c2ccc(CNC(=O)c3[nH]c(-c4ccccc4)cc3-c3ccc(OC)cc3)cc2)cc1. The summed E-state index contributed by atoms with van der Waals surface area (Å²) in [6.45, 7) is 5.19. The number of carbonyl (C=O) groups excluding carboxylic acids is 2. The third kappa shape index (κ3) is 6.63. The number of nitrogens with one attached hydrogen (secondary N) is 3. The molecule has 1 heterocycles. The first-order valence-corrected chi connectivity index (χ1v) is 15.3. The Morgan fingerprint density at radius 1 is 0.818 bits per heavy atom. The van der Waals surface area contributed by atoms with Gasteiger partial charge in [-0.1, -0.05) is 61.2 Å². The van der Waals surface area contributed by atoms with E-state index in [0.29, 0.717) is 16.9 Å². The van der Waals surface area contributed by atoms with Crippen LogP contribution < -0.4 is 15.4 Å². The van der Waals surface area contributed by atoms with Gasteiger partial charge in [0, 0.05) is 34.0 Å². The van der Waals surface area contributed by atoms with E-state index in [9.17, 15) is 18.0 Å². The number of allylic oxidation sites excluding steroid dienone is 1. The fourth-order valence-corrected chi connectivity index (χ4v) is 5.47. The van der Waals surface area contributed by atoms with Crippen LogP contribution in [0.4, 0.5) is 5.69 Å². The van der Waals surface area contributed by atoms with Crippen LogP contribution in [0.1, 0.15) is 33.3 Å². The highest BCUT2D eigenvalue weighted by molar-refractivity contribution is 7.95. The van der Waals surface area contributed by atoms with Crippen LogP contribution in [0.15, 0.2) is 126 Å². The van der Waals surface area contributed by atoms with E-state index in [0.717, 1.165) is 33.7 Å². The van der Waals surface area contributed by atoms with Gasteiger partial charge in [0.1, 0.15) is 11.4 Å². The second kappa shape index (κ2) is 12.8. The van der Waals surface area contributed by atoms with Crippen LogP contribution in [0.5, 0.6) is 5.75 Å². The highest BCUT2D eigenvalue weighted by Crippen LogP contribution is 2.31. The Morgan fingerprint density at radius 2 is 1.48 bits per heavy atom. The molecule has 9 heteroatoms. The van der Waals surface area contributed by atoms with Crippen molar-refractivity contribution < 1.29 is 22.7 Å². The number of rotatable bonds is 10. The minimum Gasteiger partial charge on any atom is -0.497 e. The molecule has 0 aliphatic rings. The molecule has 0 atom stereocenters. The van der Waals surface area contributed by atoms with Crippen LogP contribution in [0.3, 0.4) is 0 Å². The van der Waals surface area contributed by atoms with E-state index in [1.54, 1.807) is 31.4 Å². The van der Waals surface area contributed by atoms with Crippen LogP contribution in [-0.2, 0) is 16.4 Å². The number of benzene rings is 4. The summed E-state index contributed by atoms with van der Waals surface area (Å²) in [5.41, 5.74) is 5.54. The topological polar surface area (TPSA) is 117 Å². The van der Waals surface area contributed by atoms with Crippen molar-refractivity contribution in [3.8, 4) is 28.1 Å². The lowest BCUT2D eigenvalue weighted by atomic mass is 10.0. The Balaban J connectivity index is 1.27. The van der Waals surface area contributed by atoms with E-state index in [1.807, 2.05) is 60.7 Å². The van der Waals surface area contributed by atoms with Crippen LogP contribution in [0.2, 0.25) is 0 Å². The minimum absolute atomic E-state index is 0.0491. The average molecular weight is 606 g/mol. The summed E-state index contributed by atoms with van der Waals surface area (Å²) in [5.74, 6) is 0.111. The van der Waals surface area contributed by atoms with Gasteiger partial charge in [0.25, 0.3) is 11.8 Å². The van der Waals surface area contributed by atoms with E-state index < -0.39 is 9.84 Å². The van der Waals surface area contributed by atoms with Gasteiger partial charge in [-0.25, -0.2) is 8.42 Å². The predicted octanol–water partition coefficient (Wildman–Crippen LogP) is 6.85. The minimum atomic E-state index is -3.58. The molecule has 2 amide bonds. The average Bonchev–Trinajstić information content (AvgIpc) is 3.50. The van der Waals surface area contributed by atoms with Crippen molar-refractivity contribution in [3.05, 3.63) is 137 Å². The summed E-state index contributed by atoms with van der Waals surface area (Å²) < 4.78 is 29.8. The highest BCUT2D eigenvalue weighted by atomic mass is 32.2. The fraction of sp³-hybridized carbons (Fsp3) is 0.0857. The highest BCUT2D eigenvalue weighted by Gasteiger charge is 2.19. The lowest BCUT2D eigenvalue weighted by molar-refractivity contribution is 0.0946. The Bertz CT molecular complexity index is 1910. The van der Waals surface area contributed by atoms with Crippen molar-refractivity contribution in [2.24, 2.45) is 0 Å². The molecule has 0 spiro atoms. The zero-order valence-electron chi connectivity index (χ0n) is 24.3. The van der Waals surface area contributed by atoms with Gasteiger partial charge >= 0.3 is 0 Å². The number of hydrogen-bond acceptors (Lipinski definition) is 5. The van der Waals surface area contributed by atoms with E-state index in [4.69, 9.17) is 4.74 Å². The number of aromatic nitrogens is 1. The van der Waals surface area contributed by atoms with Crippen LogP contribution in [0.25, 0.3) is 22.4 Å². The Hall–Kier alpha value is -5.41. The first-order valence-electron chi connectivity index (χ1n) is 13.8. The molecular formula is C35H31N3O5S. The lowest BCUT2D eigenvalue weighted by Crippen LogP contribution is -2.23. The van der Waals surface area contributed by atoms with E-state index in [-0.39, 0.29) is 28.2 Å². The summed E-state index contributed by atoms with van der Waals surface area (Å²) in [5, 5.41) is 5.74. The van der Waals surface area contributed by atoms with Crippen molar-refractivity contribution in [2.75, 3.05) is 12.4 Å². The van der Waals surface area contributed by atoms with Crippen LogP contribution in [-0.4, -0.2) is 32.3 Å². The third-order valence-corrected chi connectivity index (χ3v) is 8.89. The molecule has 1 aromatic heterocycles. The number of methoxy groups -OCH3 is 1. The van der Waals surface area contributed by atoms with Gasteiger partial charge in [-0.05, 0) is 78.2 Å². The Morgan fingerprint density at radius 3 is 2.09 bits per heavy atom. The van der Waals surface area contributed by atoms with Crippen LogP contribution >= 0.6 is 0 Å². The number of hydrogen-bond donors (Lipinski definition) is 3. The van der Waals surface area contributed by atoms with Gasteiger partial charge in [-0.3, -0.25) is 9.59 Å². The van der Waals surface area contributed by atoms with Crippen molar-refractivity contribution in [2.45, 2.75) is 18.4 Å². The standard InChI is InChI=1S/C35H31N3O5S/c1-23(2)44(41,42)30-19-15-28(16-20-30)37-34(39)27-11-9-24(10-12-27)22-36-35(40)33-31(25-13-17-29(43-3)18-14-25)21-32(38-33)26-7-5-4-6-8-26/h4-21,38H,1,22H2,2-3H3,(H,36,40)(H,37,39). The second-order valence-electron chi connectivity index (χ2n) is 10.1. The summed E-state index contributed by atoms with van der Waals surface area (Å²) in [6, 6.07) is 32.1. The first kappa shape index (κ1) is 30.1. The molecule has 0 bridgehead atoms. The molecule has 0 radical (unpaired) electrons. The Kier molecular flexibility index (Phi) is 8.78. The first-order chi connectivity index (χ1) is 21.2. The molecule has 0 saturated heterocycles. The summed E-state index contributed by atoms with van der Waals surface area (Å²) >= 11 is 0. The van der Waals surface area contributed by atoms with Crippen molar-refractivity contribution in [1.29, 1.82) is 0 Å². The zero-order valence-corrected chi connectivity index (χ0v) is 25.1. The molecule has 44 heavy (non-hydrogen) atoms. The molecule has 3 N–H and O–H groups in total. The predicted molar refractivity (Wildman–Crippen MR) is 172 cm³/mol. The second-order valence-corrected chi connectivity index (χ2v) is 12.3. The largest absolute Gasteiger partial charge is 0.497 e. The summed E-state index contributed by atoms with van der Waals surface area (Å²) in [7, 11) is -1.98. The number of aromatic amines is 1. The Labute approximate surface area is 256 Å². The monoisotopic (exact) mass is 605 g/mol. The van der Waals surface area contributed by atoms with Gasteiger partial charge in [0.15, 0.2) is 0 Å². The molecular weight excluding hydrogens is 574 g/mol. The smallest absolute Gasteiger partial charge is 0.268 e. The van der Waals surface area contributed by atoms with Gasteiger partial charge < -0.3 is 20.4 Å². The lowest BCUT2D eigenvalue weighted by Gasteiger charge is -2.09. The fourth-order valence-electron chi connectivity index (χ4n) is 4.57. The molecule has 5 aromatic rings. The zero-order chi connectivity index (χ0) is 31.3. The van der Waals surface area contributed by atoms with Crippen molar-refractivity contribution in [3.63, 3.8) is 0 Å². The van der Waals surface area contributed by atoms with Gasteiger partial charge in [0.05, 0.1) is 12.0 Å². The number of anilines is 1. The van der Waals surface area contributed by atoms with Gasteiger partial charge in [0.2, 0.25) is 9.84 Å². The van der Waals surface area contributed by atoms with Crippen LogP contribution in [0, 0.1) is 0 Å². The number of amides is 2. The van der Waals surface area contributed by atoms with Crippen molar-refractivity contribution in [1.82, 2.24) is 10.3 Å².